The second-order valence-corrected chi connectivity index (χ2v) is 4.88. The lowest BCUT2D eigenvalue weighted by Crippen LogP contribution is -2.22. The highest BCUT2D eigenvalue weighted by Gasteiger charge is 2.06. The van der Waals surface area contributed by atoms with Gasteiger partial charge in [0.05, 0.1) is 13.7 Å². The van der Waals surface area contributed by atoms with Gasteiger partial charge in [-0.2, -0.15) is 0 Å². The van der Waals surface area contributed by atoms with Crippen LogP contribution in [-0.2, 0) is 6.54 Å². The number of benzene rings is 1. The summed E-state index contributed by atoms with van der Waals surface area (Å²) in [7, 11) is 1.61. The molecular formula is C13H12INO3. The number of methoxy groups -OCH3 is 1. The summed E-state index contributed by atoms with van der Waals surface area (Å²) in [5, 5.41) is 9.43. The molecule has 0 fully saturated rings. The summed E-state index contributed by atoms with van der Waals surface area (Å²) in [4.78, 5) is 11.9. The Kier molecular flexibility index (Phi) is 3.90. The van der Waals surface area contributed by atoms with E-state index >= 15 is 0 Å². The van der Waals surface area contributed by atoms with Gasteiger partial charge in [-0.05, 0) is 46.4 Å². The fraction of sp³-hybridized carbons (Fsp3) is 0.154. The fourth-order valence-electron chi connectivity index (χ4n) is 1.63. The van der Waals surface area contributed by atoms with Gasteiger partial charge in [-0.15, -0.1) is 0 Å². The van der Waals surface area contributed by atoms with Crippen LogP contribution in [0.5, 0.6) is 11.5 Å². The average Bonchev–Trinajstić information content (AvgIpc) is 2.40. The van der Waals surface area contributed by atoms with Gasteiger partial charge >= 0.3 is 0 Å². The summed E-state index contributed by atoms with van der Waals surface area (Å²) in [6.07, 6.45) is 1.58. The van der Waals surface area contributed by atoms with Crippen molar-refractivity contribution in [1.29, 1.82) is 0 Å². The van der Waals surface area contributed by atoms with Gasteiger partial charge in [-0.25, -0.2) is 0 Å². The van der Waals surface area contributed by atoms with Crippen molar-refractivity contribution in [1.82, 2.24) is 4.57 Å². The molecule has 0 amide bonds. The van der Waals surface area contributed by atoms with Gasteiger partial charge in [-0.1, -0.05) is 12.1 Å². The van der Waals surface area contributed by atoms with Crippen molar-refractivity contribution in [3.05, 3.63) is 56.0 Å². The van der Waals surface area contributed by atoms with E-state index in [1.807, 2.05) is 46.9 Å². The lowest BCUT2D eigenvalue weighted by Gasteiger charge is -2.08. The van der Waals surface area contributed by atoms with Gasteiger partial charge < -0.3 is 14.4 Å². The molecule has 18 heavy (non-hydrogen) atoms. The second-order valence-electron chi connectivity index (χ2n) is 3.80. The maximum absolute atomic E-state index is 11.9. The van der Waals surface area contributed by atoms with E-state index in [9.17, 15) is 9.90 Å². The van der Waals surface area contributed by atoms with E-state index < -0.39 is 0 Å². The van der Waals surface area contributed by atoms with E-state index in [0.29, 0.717) is 10.1 Å². The van der Waals surface area contributed by atoms with Crippen LogP contribution >= 0.6 is 22.6 Å². The highest BCUT2D eigenvalue weighted by atomic mass is 127. The zero-order chi connectivity index (χ0) is 13.1. The molecular weight excluding hydrogens is 345 g/mol. The molecule has 0 atom stereocenters. The van der Waals surface area contributed by atoms with Crippen LogP contribution in [0.3, 0.4) is 0 Å². The number of halogens is 1. The molecule has 0 unspecified atom stereocenters. The van der Waals surface area contributed by atoms with Crippen molar-refractivity contribution in [3.63, 3.8) is 0 Å². The quantitative estimate of drug-likeness (QED) is 0.858. The first-order chi connectivity index (χ1) is 8.61. The Morgan fingerprint density at radius 3 is 2.89 bits per heavy atom. The Morgan fingerprint density at radius 1 is 1.39 bits per heavy atom. The van der Waals surface area contributed by atoms with Gasteiger partial charge in [0.2, 0.25) is 0 Å². The molecule has 1 N–H and O–H groups in total. The number of aromatic nitrogens is 1. The molecule has 0 aliphatic carbocycles. The maximum Gasteiger partial charge on any atom is 0.268 e. The Balaban J connectivity index is 2.34. The Labute approximate surface area is 118 Å². The van der Waals surface area contributed by atoms with Crippen LogP contribution < -0.4 is 10.3 Å². The lowest BCUT2D eigenvalue weighted by atomic mass is 10.2. The van der Waals surface area contributed by atoms with E-state index in [0.717, 1.165) is 11.3 Å². The average molecular weight is 357 g/mol. The molecule has 0 bridgehead atoms. The molecule has 2 rings (SSSR count). The van der Waals surface area contributed by atoms with Crippen molar-refractivity contribution in [2.75, 3.05) is 7.11 Å². The van der Waals surface area contributed by atoms with E-state index in [4.69, 9.17) is 4.74 Å². The summed E-state index contributed by atoms with van der Waals surface area (Å²) in [5.41, 5.74) is 0.774. The molecule has 0 saturated carbocycles. The highest BCUT2D eigenvalue weighted by Crippen LogP contribution is 2.16. The number of nitrogens with zero attached hydrogens (tertiary/aromatic N) is 1. The molecule has 1 aromatic heterocycles. The minimum absolute atomic E-state index is 0.0162. The SMILES string of the molecule is COc1cccc(Cn2ccc(O)c(I)c2=O)c1. The van der Waals surface area contributed by atoms with Crippen LogP contribution in [-0.4, -0.2) is 16.8 Å². The van der Waals surface area contributed by atoms with Crippen LogP contribution in [0.2, 0.25) is 0 Å². The zero-order valence-electron chi connectivity index (χ0n) is 9.76. The predicted octanol–water partition coefficient (Wildman–Crippen LogP) is 2.22. The van der Waals surface area contributed by atoms with E-state index in [1.165, 1.54) is 6.07 Å². The monoisotopic (exact) mass is 357 g/mol. The van der Waals surface area contributed by atoms with Crippen LogP contribution in [0.4, 0.5) is 0 Å². The minimum Gasteiger partial charge on any atom is -0.507 e. The first-order valence-corrected chi connectivity index (χ1v) is 6.40. The van der Waals surface area contributed by atoms with Gasteiger partial charge in [0, 0.05) is 6.20 Å². The third-order valence-electron chi connectivity index (χ3n) is 2.57. The molecule has 4 nitrogen and oxygen atoms in total. The van der Waals surface area contributed by atoms with Crippen molar-refractivity contribution in [2.45, 2.75) is 6.54 Å². The smallest absolute Gasteiger partial charge is 0.268 e. The summed E-state index contributed by atoms with van der Waals surface area (Å²) in [5.74, 6) is 0.775. The molecule has 1 heterocycles. The molecule has 0 aliphatic rings. The Hall–Kier alpha value is -1.50. The summed E-state index contributed by atoms with van der Waals surface area (Å²) in [6.45, 7) is 0.451. The van der Waals surface area contributed by atoms with Crippen molar-refractivity contribution < 1.29 is 9.84 Å². The maximum atomic E-state index is 11.9. The summed E-state index contributed by atoms with van der Waals surface area (Å²) in [6, 6.07) is 9.06. The molecule has 94 valence electrons. The molecule has 1 aromatic carbocycles. The van der Waals surface area contributed by atoms with E-state index in [2.05, 4.69) is 0 Å². The number of rotatable bonds is 3. The Bertz CT molecular complexity index is 622. The third kappa shape index (κ3) is 2.66. The summed E-state index contributed by atoms with van der Waals surface area (Å²) < 4.78 is 7.02. The number of ether oxygens (including phenoxy) is 1. The number of hydrogen-bond donors (Lipinski definition) is 1. The van der Waals surface area contributed by atoms with Crippen LogP contribution in [0.1, 0.15) is 5.56 Å². The van der Waals surface area contributed by atoms with Crippen LogP contribution in [0, 0.1) is 3.57 Å². The van der Waals surface area contributed by atoms with Crippen molar-refractivity contribution in [2.24, 2.45) is 0 Å². The fourth-order valence-corrected chi connectivity index (χ4v) is 2.12. The lowest BCUT2D eigenvalue weighted by molar-refractivity contribution is 0.414. The first-order valence-electron chi connectivity index (χ1n) is 5.32. The van der Waals surface area contributed by atoms with Gasteiger partial charge in [0.15, 0.2) is 0 Å². The largest absolute Gasteiger partial charge is 0.507 e. The summed E-state index contributed by atoms with van der Waals surface area (Å²) >= 11 is 1.84. The van der Waals surface area contributed by atoms with Gasteiger partial charge in [0.25, 0.3) is 5.56 Å². The van der Waals surface area contributed by atoms with Gasteiger partial charge in [-0.3, -0.25) is 4.79 Å². The topological polar surface area (TPSA) is 51.5 Å². The Morgan fingerprint density at radius 2 is 2.17 bits per heavy atom. The first kappa shape index (κ1) is 12.9. The molecule has 0 aliphatic heterocycles. The number of pyridine rings is 1. The van der Waals surface area contributed by atoms with Gasteiger partial charge in [0.1, 0.15) is 15.1 Å². The van der Waals surface area contributed by atoms with Crippen molar-refractivity contribution >= 4 is 22.6 Å². The third-order valence-corrected chi connectivity index (χ3v) is 3.59. The zero-order valence-corrected chi connectivity index (χ0v) is 11.9. The minimum atomic E-state index is -0.196. The normalized spacial score (nSPS) is 10.3. The highest BCUT2D eigenvalue weighted by molar-refractivity contribution is 14.1. The number of hydrogen-bond acceptors (Lipinski definition) is 3. The second kappa shape index (κ2) is 5.43. The van der Waals surface area contributed by atoms with E-state index in [-0.39, 0.29) is 11.3 Å². The number of aromatic hydroxyl groups is 1. The van der Waals surface area contributed by atoms with Crippen LogP contribution in [0.15, 0.2) is 41.3 Å². The molecule has 2 aromatic rings. The molecule has 5 heteroatoms. The van der Waals surface area contributed by atoms with Crippen molar-refractivity contribution in [3.8, 4) is 11.5 Å². The predicted molar refractivity (Wildman–Crippen MR) is 77.2 cm³/mol. The van der Waals surface area contributed by atoms with E-state index in [1.54, 1.807) is 17.9 Å². The molecule has 0 radical (unpaired) electrons. The van der Waals surface area contributed by atoms with Crippen LogP contribution in [0.25, 0.3) is 0 Å². The molecule has 0 saturated heterocycles. The molecule has 0 spiro atoms. The standard InChI is InChI=1S/C13H12INO3/c1-18-10-4-2-3-9(7-10)8-15-6-5-11(16)12(14)13(15)17/h2-7,16H,8H2,1H3.